The van der Waals surface area contributed by atoms with E-state index in [0.29, 0.717) is 0 Å². The quantitative estimate of drug-likeness (QED) is 0.714. The maximum Gasteiger partial charge on any atom is 0.0703 e. The number of hydrogen-bond donors (Lipinski definition) is 1. The number of hydrogen-bond acceptors (Lipinski definition) is 2. The van der Waals surface area contributed by atoms with E-state index in [2.05, 4.69) is 16.9 Å². The van der Waals surface area contributed by atoms with E-state index in [1.54, 1.807) is 0 Å². The van der Waals surface area contributed by atoms with Crippen LogP contribution in [0.25, 0.3) is 0 Å². The Morgan fingerprint density at radius 3 is 2.69 bits per heavy atom. The van der Waals surface area contributed by atoms with Crippen LogP contribution in [0.5, 0.6) is 0 Å². The zero-order chi connectivity index (χ0) is 9.84. The minimum absolute atomic E-state index is 0.167. The van der Waals surface area contributed by atoms with Gasteiger partial charge in [-0.25, -0.2) is 0 Å². The van der Waals surface area contributed by atoms with Gasteiger partial charge in [-0.3, -0.25) is 4.98 Å². The lowest BCUT2D eigenvalue weighted by atomic mass is 10.1. The third-order valence-electron chi connectivity index (χ3n) is 1.99. The minimum atomic E-state index is 0.167. The van der Waals surface area contributed by atoms with E-state index in [4.69, 9.17) is 0 Å². The Morgan fingerprint density at radius 1 is 1.54 bits per heavy atom. The average Bonchev–Trinajstić information content (AvgIpc) is 2.04. The molecule has 0 amide bonds. The third-order valence-corrected chi connectivity index (χ3v) is 1.99. The van der Waals surface area contributed by atoms with Gasteiger partial charge in [0.25, 0.3) is 0 Å². The molecule has 0 fully saturated rings. The molecule has 0 spiro atoms. The smallest absolute Gasteiger partial charge is 0.0703 e. The summed E-state index contributed by atoms with van der Waals surface area (Å²) >= 11 is 0. The fourth-order valence-corrected chi connectivity index (χ4v) is 1.37. The molecule has 1 aromatic rings. The van der Waals surface area contributed by atoms with E-state index in [9.17, 15) is 0 Å². The van der Waals surface area contributed by atoms with E-state index in [1.807, 2.05) is 39.1 Å². The number of pyridine rings is 1. The summed E-state index contributed by atoms with van der Waals surface area (Å²) in [5.74, 6) is 0. The minimum Gasteiger partial charge on any atom is -0.308 e. The van der Waals surface area contributed by atoms with Crippen molar-refractivity contribution in [2.45, 2.75) is 19.9 Å². The molecule has 2 nitrogen and oxygen atoms in total. The van der Waals surface area contributed by atoms with Crippen LogP contribution in [-0.4, -0.2) is 12.0 Å². The molecule has 0 saturated carbocycles. The first-order valence-corrected chi connectivity index (χ1v) is 4.41. The predicted octanol–water partition coefficient (Wildman–Crippen LogP) is 2.23. The van der Waals surface area contributed by atoms with Crippen molar-refractivity contribution in [3.05, 3.63) is 41.7 Å². The molecule has 13 heavy (non-hydrogen) atoms. The van der Waals surface area contributed by atoms with Crippen molar-refractivity contribution in [3.63, 3.8) is 0 Å². The van der Waals surface area contributed by atoms with Crippen molar-refractivity contribution in [3.8, 4) is 0 Å². The normalized spacial score (nSPS) is 12.5. The number of rotatable bonds is 3. The van der Waals surface area contributed by atoms with Crippen LogP contribution in [0.3, 0.4) is 0 Å². The highest BCUT2D eigenvalue weighted by Gasteiger charge is 2.10. The Hall–Kier alpha value is -1.15. The Bertz CT molecular complexity index is 305. The Labute approximate surface area is 79.7 Å². The summed E-state index contributed by atoms with van der Waals surface area (Å²) in [7, 11) is 1.92. The lowest BCUT2D eigenvalue weighted by Crippen LogP contribution is -2.18. The SMILES string of the molecule is C=C(C)C(NC)c1cccc(C)n1. The molecule has 0 aromatic carbocycles. The second kappa shape index (κ2) is 4.19. The lowest BCUT2D eigenvalue weighted by Gasteiger charge is -2.15. The fraction of sp³-hybridized carbons (Fsp3) is 0.364. The van der Waals surface area contributed by atoms with Crippen LogP contribution < -0.4 is 5.32 Å². The van der Waals surface area contributed by atoms with Crippen molar-refractivity contribution in [1.29, 1.82) is 0 Å². The number of aromatic nitrogens is 1. The van der Waals surface area contributed by atoms with Crippen molar-refractivity contribution < 1.29 is 0 Å². The highest BCUT2D eigenvalue weighted by atomic mass is 14.9. The van der Waals surface area contributed by atoms with Crippen molar-refractivity contribution in [2.24, 2.45) is 0 Å². The molecule has 70 valence electrons. The summed E-state index contributed by atoms with van der Waals surface area (Å²) in [6.45, 7) is 7.93. The highest BCUT2D eigenvalue weighted by molar-refractivity contribution is 5.20. The van der Waals surface area contributed by atoms with Gasteiger partial charge in [-0.15, -0.1) is 0 Å². The molecule has 1 atom stereocenters. The van der Waals surface area contributed by atoms with Gasteiger partial charge in [0.05, 0.1) is 11.7 Å². The molecule has 0 aliphatic carbocycles. The number of nitrogens with one attached hydrogen (secondary N) is 1. The van der Waals surface area contributed by atoms with Crippen LogP contribution in [0.15, 0.2) is 30.4 Å². The van der Waals surface area contributed by atoms with Crippen LogP contribution in [0, 0.1) is 6.92 Å². The number of likely N-dealkylation sites (N-methyl/N-ethyl adjacent to an activating group) is 1. The summed E-state index contributed by atoms with van der Waals surface area (Å²) in [5.41, 5.74) is 3.16. The van der Waals surface area contributed by atoms with Crippen LogP contribution >= 0.6 is 0 Å². The molecule has 0 aliphatic heterocycles. The molecular formula is C11H16N2. The van der Waals surface area contributed by atoms with Gasteiger partial charge in [0.2, 0.25) is 0 Å². The van der Waals surface area contributed by atoms with Crippen molar-refractivity contribution in [2.75, 3.05) is 7.05 Å². The zero-order valence-corrected chi connectivity index (χ0v) is 8.46. The Kier molecular flexibility index (Phi) is 3.20. The van der Waals surface area contributed by atoms with E-state index >= 15 is 0 Å². The molecular weight excluding hydrogens is 160 g/mol. The molecule has 0 aliphatic rings. The van der Waals surface area contributed by atoms with Crippen molar-refractivity contribution >= 4 is 0 Å². The lowest BCUT2D eigenvalue weighted by molar-refractivity contribution is 0.657. The maximum atomic E-state index is 4.44. The van der Waals surface area contributed by atoms with Crippen LogP contribution in [0.1, 0.15) is 24.4 Å². The van der Waals surface area contributed by atoms with Crippen LogP contribution in [-0.2, 0) is 0 Å². The monoisotopic (exact) mass is 176 g/mol. The Balaban J connectivity index is 2.98. The van der Waals surface area contributed by atoms with E-state index in [1.165, 1.54) is 0 Å². The topological polar surface area (TPSA) is 24.9 Å². The molecule has 1 unspecified atom stereocenters. The average molecular weight is 176 g/mol. The second-order valence-corrected chi connectivity index (χ2v) is 3.27. The summed E-state index contributed by atoms with van der Waals surface area (Å²) in [6, 6.07) is 6.20. The molecule has 1 N–H and O–H groups in total. The largest absolute Gasteiger partial charge is 0.308 e. The van der Waals surface area contributed by atoms with Crippen LogP contribution in [0.2, 0.25) is 0 Å². The number of nitrogens with zero attached hydrogens (tertiary/aromatic N) is 1. The van der Waals surface area contributed by atoms with Gasteiger partial charge < -0.3 is 5.32 Å². The first-order chi connectivity index (χ1) is 6.15. The first kappa shape index (κ1) is 9.93. The van der Waals surface area contributed by atoms with E-state index < -0.39 is 0 Å². The van der Waals surface area contributed by atoms with Crippen LogP contribution in [0.4, 0.5) is 0 Å². The maximum absolute atomic E-state index is 4.44. The molecule has 1 heterocycles. The van der Waals surface area contributed by atoms with Gasteiger partial charge in [-0.2, -0.15) is 0 Å². The van der Waals surface area contributed by atoms with Gasteiger partial charge in [0.15, 0.2) is 0 Å². The summed E-state index contributed by atoms with van der Waals surface area (Å²) < 4.78 is 0. The molecule has 0 radical (unpaired) electrons. The van der Waals surface area contributed by atoms with Gasteiger partial charge in [0, 0.05) is 5.69 Å². The standard InChI is InChI=1S/C11H16N2/c1-8(2)11(12-4)10-7-5-6-9(3)13-10/h5-7,11-12H,1H2,2-4H3. The third kappa shape index (κ3) is 2.39. The second-order valence-electron chi connectivity index (χ2n) is 3.27. The Morgan fingerprint density at radius 2 is 2.23 bits per heavy atom. The van der Waals surface area contributed by atoms with Gasteiger partial charge in [0.1, 0.15) is 0 Å². The summed E-state index contributed by atoms with van der Waals surface area (Å²) in [4.78, 5) is 4.44. The molecule has 1 rings (SSSR count). The molecule has 0 bridgehead atoms. The molecule has 1 aromatic heterocycles. The van der Waals surface area contributed by atoms with E-state index in [0.717, 1.165) is 17.0 Å². The van der Waals surface area contributed by atoms with Gasteiger partial charge in [-0.05, 0) is 33.0 Å². The highest BCUT2D eigenvalue weighted by Crippen LogP contribution is 2.17. The zero-order valence-electron chi connectivity index (χ0n) is 8.46. The summed E-state index contributed by atoms with van der Waals surface area (Å²) in [6.07, 6.45) is 0. The van der Waals surface area contributed by atoms with Crippen molar-refractivity contribution in [1.82, 2.24) is 10.3 Å². The van der Waals surface area contributed by atoms with Gasteiger partial charge in [-0.1, -0.05) is 18.2 Å². The predicted molar refractivity (Wildman–Crippen MR) is 55.6 cm³/mol. The van der Waals surface area contributed by atoms with E-state index in [-0.39, 0.29) is 6.04 Å². The van der Waals surface area contributed by atoms with Gasteiger partial charge >= 0.3 is 0 Å². The fourth-order valence-electron chi connectivity index (χ4n) is 1.37. The summed E-state index contributed by atoms with van der Waals surface area (Å²) in [5, 5.41) is 3.18. The first-order valence-electron chi connectivity index (χ1n) is 4.41. The molecule has 0 saturated heterocycles. The molecule has 2 heteroatoms. The number of aryl methyl sites for hydroxylation is 1.